The van der Waals surface area contributed by atoms with Crippen molar-refractivity contribution in [1.29, 1.82) is 0 Å². The van der Waals surface area contributed by atoms with E-state index in [0.717, 1.165) is 36.7 Å². The van der Waals surface area contributed by atoms with Crippen LogP contribution in [0.25, 0.3) is 0 Å². The smallest absolute Gasteiger partial charge is 0.251 e. The Bertz CT molecular complexity index is 827. The highest BCUT2D eigenvalue weighted by atomic mass is 16.7. The summed E-state index contributed by atoms with van der Waals surface area (Å²) in [5, 5.41) is 2.96. The second-order valence-electron chi connectivity index (χ2n) is 7.52. The summed E-state index contributed by atoms with van der Waals surface area (Å²) in [5.41, 5.74) is 2.84. The molecule has 0 aromatic heterocycles. The summed E-state index contributed by atoms with van der Waals surface area (Å²) in [6, 6.07) is 13.5. The molecule has 1 N–H and O–H groups in total. The fourth-order valence-corrected chi connectivity index (χ4v) is 3.77. The maximum absolute atomic E-state index is 12.4. The number of nitrogens with zero attached hydrogens (tertiary/aromatic N) is 1. The van der Waals surface area contributed by atoms with Crippen molar-refractivity contribution in [1.82, 2.24) is 10.2 Å². The van der Waals surface area contributed by atoms with Gasteiger partial charge in [-0.3, -0.25) is 9.69 Å². The van der Waals surface area contributed by atoms with E-state index in [1.165, 1.54) is 5.56 Å². The minimum Gasteiger partial charge on any atom is -0.454 e. The molecule has 0 saturated carbocycles. The lowest BCUT2D eigenvalue weighted by molar-refractivity contribution is -0.0704. The molecule has 2 aliphatic heterocycles. The number of amides is 1. The SMILES string of the molecule is CC1CN(Cc2ccc(C(=O)NCc3ccc4c(c3)OCO4)cc2)CC(C)O1. The summed E-state index contributed by atoms with van der Waals surface area (Å²) >= 11 is 0. The molecule has 0 bridgehead atoms. The average molecular weight is 382 g/mol. The van der Waals surface area contributed by atoms with Gasteiger partial charge in [0.15, 0.2) is 11.5 Å². The molecule has 6 nitrogen and oxygen atoms in total. The molecule has 2 aliphatic rings. The molecule has 1 amide bonds. The van der Waals surface area contributed by atoms with Crippen LogP contribution in [0.5, 0.6) is 11.5 Å². The lowest BCUT2D eigenvalue weighted by atomic mass is 10.1. The van der Waals surface area contributed by atoms with Crippen LogP contribution in [0.4, 0.5) is 0 Å². The average Bonchev–Trinajstić information content (AvgIpc) is 3.14. The fraction of sp³-hybridized carbons (Fsp3) is 0.409. The summed E-state index contributed by atoms with van der Waals surface area (Å²) < 4.78 is 16.5. The predicted molar refractivity (Wildman–Crippen MR) is 105 cm³/mol. The van der Waals surface area contributed by atoms with Crippen molar-refractivity contribution in [2.45, 2.75) is 39.1 Å². The molecule has 1 saturated heterocycles. The van der Waals surface area contributed by atoms with Crippen molar-refractivity contribution in [2.24, 2.45) is 0 Å². The zero-order valence-electron chi connectivity index (χ0n) is 16.3. The molecule has 28 heavy (non-hydrogen) atoms. The third kappa shape index (κ3) is 4.46. The van der Waals surface area contributed by atoms with Crippen LogP contribution in [-0.4, -0.2) is 42.9 Å². The van der Waals surface area contributed by atoms with Gasteiger partial charge in [0, 0.05) is 31.7 Å². The van der Waals surface area contributed by atoms with Gasteiger partial charge in [-0.2, -0.15) is 0 Å². The third-order valence-electron chi connectivity index (χ3n) is 5.01. The summed E-state index contributed by atoms with van der Waals surface area (Å²) in [6.45, 7) is 7.65. The fourth-order valence-electron chi connectivity index (χ4n) is 3.77. The molecule has 2 atom stereocenters. The number of morpholine rings is 1. The molecular formula is C22H26N2O4. The van der Waals surface area contributed by atoms with Crippen LogP contribution in [0.2, 0.25) is 0 Å². The van der Waals surface area contributed by atoms with E-state index in [-0.39, 0.29) is 24.9 Å². The highest BCUT2D eigenvalue weighted by Crippen LogP contribution is 2.32. The Morgan fingerprint density at radius 2 is 1.68 bits per heavy atom. The monoisotopic (exact) mass is 382 g/mol. The number of benzene rings is 2. The quantitative estimate of drug-likeness (QED) is 0.862. The van der Waals surface area contributed by atoms with Crippen LogP contribution in [-0.2, 0) is 17.8 Å². The van der Waals surface area contributed by atoms with Crippen molar-refractivity contribution in [3.8, 4) is 11.5 Å². The van der Waals surface area contributed by atoms with E-state index in [4.69, 9.17) is 14.2 Å². The standard InChI is InChI=1S/C22H26N2O4/c1-15-11-24(12-16(2)28-15)13-17-3-6-19(7-4-17)22(25)23-10-18-5-8-20-21(9-18)27-14-26-20/h3-9,15-16H,10-14H2,1-2H3,(H,23,25). The zero-order chi connectivity index (χ0) is 19.5. The molecule has 4 rings (SSSR count). The van der Waals surface area contributed by atoms with Crippen molar-refractivity contribution in [3.05, 3.63) is 59.2 Å². The first kappa shape index (κ1) is 18.8. The summed E-state index contributed by atoms with van der Waals surface area (Å²) in [5.74, 6) is 1.38. The minimum absolute atomic E-state index is 0.0853. The van der Waals surface area contributed by atoms with Gasteiger partial charge >= 0.3 is 0 Å². The number of nitrogens with one attached hydrogen (secondary N) is 1. The Hall–Kier alpha value is -2.57. The molecule has 6 heteroatoms. The number of carbonyl (C=O) groups is 1. The summed E-state index contributed by atoms with van der Waals surface area (Å²) in [6.07, 6.45) is 0.509. The van der Waals surface area contributed by atoms with Gasteiger partial charge in [-0.25, -0.2) is 0 Å². The van der Waals surface area contributed by atoms with Gasteiger partial charge in [-0.05, 0) is 49.2 Å². The van der Waals surface area contributed by atoms with E-state index >= 15 is 0 Å². The normalized spacial score (nSPS) is 21.5. The molecule has 0 spiro atoms. The van der Waals surface area contributed by atoms with Crippen molar-refractivity contribution < 1.29 is 19.0 Å². The second kappa shape index (κ2) is 8.20. The van der Waals surface area contributed by atoms with Gasteiger partial charge in [0.25, 0.3) is 5.91 Å². The van der Waals surface area contributed by atoms with Gasteiger partial charge < -0.3 is 19.5 Å². The molecule has 2 aromatic rings. The van der Waals surface area contributed by atoms with Gasteiger partial charge in [-0.15, -0.1) is 0 Å². The Morgan fingerprint density at radius 1 is 1.00 bits per heavy atom. The molecule has 0 radical (unpaired) electrons. The largest absolute Gasteiger partial charge is 0.454 e. The first-order valence-electron chi connectivity index (χ1n) is 9.70. The molecule has 2 unspecified atom stereocenters. The highest BCUT2D eigenvalue weighted by molar-refractivity contribution is 5.94. The second-order valence-corrected chi connectivity index (χ2v) is 7.52. The van der Waals surface area contributed by atoms with E-state index < -0.39 is 0 Å². The number of hydrogen-bond donors (Lipinski definition) is 1. The van der Waals surface area contributed by atoms with Crippen molar-refractivity contribution in [2.75, 3.05) is 19.9 Å². The molecule has 0 aliphatic carbocycles. The maximum atomic E-state index is 12.4. The van der Waals surface area contributed by atoms with E-state index in [2.05, 4.69) is 24.1 Å². The zero-order valence-corrected chi connectivity index (χ0v) is 16.3. The maximum Gasteiger partial charge on any atom is 0.251 e. The Balaban J connectivity index is 1.31. The predicted octanol–water partition coefficient (Wildman–Crippen LogP) is 2.95. The number of rotatable bonds is 5. The van der Waals surface area contributed by atoms with Gasteiger partial charge in [0.2, 0.25) is 6.79 Å². The summed E-state index contributed by atoms with van der Waals surface area (Å²) in [4.78, 5) is 14.8. The van der Waals surface area contributed by atoms with Gasteiger partial charge in [0.05, 0.1) is 12.2 Å². The first-order chi connectivity index (χ1) is 13.6. The lowest BCUT2D eigenvalue weighted by Crippen LogP contribution is -2.44. The molecular weight excluding hydrogens is 356 g/mol. The topological polar surface area (TPSA) is 60.0 Å². The molecule has 1 fully saturated rings. The van der Waals surface area contributed by atoms with Gasteiger partial charge in [0.1, 0.15) is 0 Å². The number of fused-ring (bicyclic) bond motifs is 1. The minimum atomic E-state index is -0.0853. The molecule has 148 valence electrons. The number of hydrogen-bond acceptors (Lipinski definition) is 5. The number of carbonyl (C=O) groups excluding carboxylic acids is 1. The first-order valence-corrected chi connectivity index (χ1v) is 9.70. The van der Waals surface area contributed by atoms with Crippen LogP contribution in [0.1, 0.15) is 35.3 Å². The summed E-state index contributed by atoms with van der Waals surface area (Å²) in [7, 11) is 0. The number of ether oxygens (including phenoxy) is 3. The Labute approximate surface area is 165 Å². The Kier molecular flexibility index (Phi) is 5.50. The van der Waals surface area contributed by atoms with E-state index in [1.807, 2.05) is 42.5 Å². The van der Waals surface area contributed by atoms with Crippen molar-refractivity contribution >= 4 is 5.91 Å². The van der Waals surface area contributed by atoms with Crippen molar-refractivity contribution in [3.63, 3.8) is 0 Å². The molecule has 2 aromatic carbocycles. The molecule has 2 heterocycles. The van der Waals surface area contributed by atoms with Crippen LogP contribution < -0.4 is 14.8 Å². The lowest BCUT2D eigenvalue weighted by Gasteiger charge is -2.35. The third-order valence-corrected chi connectivity index (χ3v) is 5.01. The van der Waals surface area contributed by atoms with E-state index in [9.17, 15) is 4.79 Å². The van der Waals surface area contributed by atoms with E-state index in [1.54, 1.807) is 0 Å². The van der Waals surface area contributed by atoms with Crippen LogP contribution >= 0.6 is 0 Å². The van der Waals surface area contributed by atoms with Crippen LogP contribution in [0.3, 0.4) is 0 Å². The van der Waals surface area contributed by atoms with Crippen LogP contribution in [0, 0.1) is 0 Å². The van der Waals surface area contributed by atoms with E-state index in [0.29, 0.717) is 12.1 Å². The Morgan fingerprint density at radius 3 is 2.43 bits per heavy atom. The van der Waals surface area contributed by atoms with Gasteiger partial charge in [-0.1, -0.05) is 18.2 Å². The highest BCUT2D eigenvalue weighted by Gasteiger charge is 2.22. The van der Waals surface area contributed by atoms with Crippen LogP contribution in [0.15, 0.2) is 42.5 Å².